The number of fused-ring (bicyclic) bond motifs is 1. The summed E-state index contributed by atoms with van der Waals surface area (Å²) in [6.07, 6.45) is 3.54. The summed E-state index contributed by atoms with van der Waals surface area (Å²) in [4.78, 5) is 21.9. The number of aromatic nitrogens is 1. The molecular weight excluding hydrogens is 298 g/mol. The van der Waals surface area contributed by atoms with Crippen molar-refractivity contribution in [3.05, 3.63) is 28.7 Å². The Kier molecular flexibility index (Phi) is 5.70. The molecule has 1 aromatic carbocycles. The number of aromatic hydroxyl groups is 1. The van der Waals surface area contributed by atoms with E-state index in [-0.39, 0.29) is 17.5 Å². The van der Waals surface area contributed by atoms with E-state index in [0.29, 0.717) is 24.8 Å². The molecule has 0 aliphatic carbocycles. The normalized spacial score (nSPS) is 10.9. The van der Waals surface area contributed by atoms with Gasteiger partial charge < -0.3 is 9.67 Å². The van der Waals surface area contributed by atoms with Crippen molar-refractivity contribution in [3.63, 3.8) is 0 Å². The van der Waals surface area contributed by atoms with Crippen LogP contribution in [0.1, 0.15) is 37.7 Å². The van der Waals surface area contributed by atoms with E-state index in [1.54, 1.807) is 10.0 Å². The molecule has 1 heterocycles. The van der Waals surface area contributed by atoms with E-state index in [0.717, 1.165) is 30.3 Å². The molecular formula is C16H21N3O4. The molecule has 7 nitrogen and oxygen atoms in total. The average Bonchev–Trinajstić information content (AvgIpc) is 2.80. The van der Waals surface area contributed by atoms with E-state index >= 15 is 0 Å². The van der Waals surface area contributed by atoms with Gasteiger partial charge in [0, 0.05) is 18.4 Å². The number of hydrogen-bond donors (Lipinski definition) is 3. The summed E-state index contributed by atoms with van der Waals surface area (Å²) in [5, 5.41) is 22.2. The highest BCUT2D eigenvalue weighted by Crippen LogP contribution is 2.39. The number of hydroxylamine groups is 1. The van der Waals surface area contributed by atoms with Crippen LogP contribution in [0.5, 0.6) is 5.88 Å². The van der Waals surface area contributed by atoms with Gasteiger partial charge in [-0.05, 0) is 37.1 Å². The van der Waals surface area contributed by atoms with Gasteiger partial charge in [-0.1, -0.05) is 24.5 Å². The Labute approximate surface area is 133 Å². The molecule has 1 aromatic heterocycles. The molecule has 124 valence electrons. The molecule has 0 aliphatic rings. The van der Waals surface area contributed by atoms with Gasteiger partial charge >= 0.3 is 0 Å². The van der Waals surface area contributed by atoms with Crippen LogP contribution in [0.4, 0.5) is 5.69 Å². The van der Waals surface area contributed by atoms with E-state index in [1.165, 1.54) is 0 Å². The van der Waals surface area contributed by atoms with Gasteiger partial charge in [-0.3, -0.25) is 10.0 Å². The zero-order valence-electron chi connectivity index (χ0n) is 13.1. The van der Waals surface area contributed by atoms with Crippen molar-refractivity contribution in [2.24, 2.45) is 5.18 Å². The first-order valence-electron chi connectivity index (χ1n) is 7.66. The number of aryl methyl sites for hydroxylation is 2. The second-order valence-electron chi connectivity index (χ2n) is 5.63. The van der Waals surface area contributed by atoms with Gasteiger partial charge in [-0.25, -0.2) is 5.48 Å². The molecule has 2 rings (SSSR count). The first-order chi connectivity index (χ1) is 11.1. The number of carbonyl (C=O) groups excluding carboxylic acids is 1. The molecule has 0 fully saturated rings. The van der Waals surface area contributed by atoms with E-state index < -0.39 is 0 Å². The van der Waals surface area contributed by atoms with E-state index in [1.807, 2.05) is 25.1 Å². The number of rotatable bonds is 8. The van der Waals surface area contributed by atoms with Crippen LogP contribution < -0.4 is 5.48 Å². The zero-order chi connectivity index (χ0) is 16.8. The Morgan fingerprint density at radius 1 is 1.26 bits per heavy atom. The fraction of sp³-hybridized carbons (Fsp3) is 0.438. The largest absolute Gasteiger partial charge is 0.493 e. The van der Waals surface area contributed by atoms with Crippen LogP contribution in [0.25, 0.3) is 10.9 Å². The van der Waals surface area contributed by atoms with Crippen LogP contribution in [0.3, 0.4) is 0 Å². The lowest BCUT2D eigenvalue weighted by Crippen LogP contribution is -2.17. The standard InChI is InChI=1S/C16H21N3O4/c1-11-7-8-13-12(10-11)15(18-23)16(21)19(13)9-5-3-2-4-6-14(20)17-22/h7-8,10,21-22H,2-6,9H2,1H3,(H,17,20). The molecule has 0 saturated heterocycles. The minimum absolute atomic E-state index is 0.0864. The summed E-state index contributed by atoms with van der Waals surface area (Å²) < 4.78 is 1.70. The van der Waals surface area contributed by atoms with Gasteiger partial charge in [0.25, 0.3) is 0 Å². The number of carbonyl (C=O) groups is 1. The number of unbranched alkanes of at least 4 members (excludes halogenated alkanes) is 3. The van der Waals surface area contributed by atoms with Crippen molar-refractivity contribution in [3.8, 4) is 5.88 Å². The summed E-state index contributed by atoms with van der Waals surface area (Å²) >= 11 is 0. The number of benzene rings is 1. The zero-order valence-corrected chi connectivity index (χ0v) is 13.1. The van der Waals surface area contributed by atoms with Crippen molar-refractivity contribution in [2.45, 2.75) is 45.6 Å². The molecule has 0 radical (unpaired) electrons. The SMILES string of the molecule is Cc1ccc2c(c1)c(N=O)c(O)n2CCCCCCC(=O)NO. The number of nitroso groups, excluding NO2 is 1. The smallest absolute Gasteiger partial charge is 0.243 e. The van der Waals surface area contributed by atoms with E-state index in [2.05, 4.69) is 5.18 Å². The Hall–Kier alpha value is -2.41. The van der Waals surface area contributed by atoms with E-state index in [4.69, 9.17) is 5.21 Å². The van der Waals surface area contributed by atoms with Gasteiger partial charge in [0.15, 0.2) is 5.69 Å². The molecule has 7 heteroatoms. The number of hydrogen-bond acceptors (Lipinski definition) is 5. The van der Waals surface area contributed by atoms with E-state index in [9.17, 15) is 14.8 Å². The Balaban J connectivity index is 1.99. The van der Waals surface area contributed by atoms with Crippen molar-refractivity contribution in [2.75, 3.05) is 0 Å². The summed E-state index contributed by atoms with van der Waals surface area (Å²) in [7, 11) is 0. The predicted octanol–water partition coefficient (Wildman–Crippen LogP) is 3.51. The summed E-state index contributed by atoms with van der Waals surface area (Å²) in [6.45, 7) is 2.50. The number of nitrogens with zero attached hydrogens (tertiary/aromatic N) is 2. The third kappa shape index (κ3) is 3.87. The lowest BCUT2D eigenvalue weighted by Gasteiger charge is -2.07. The number of amides is 1. The van der Waals surface area contributed by atoms with Crippen LogP contribution in [-0.2, 0) is 11.3 Å². The molecule has 23 heavy (non-hydrogen) atoms. The first-order valence-corrected chi connectivity index (χ1v) is 7.66. The van der Waals surface area contributed by atoms with Crippen LogP contribution in [-0.4, -0.2) is 20.8 Å². The summed E-state index contributed by atoms with van der Waals surface area (Å²) in [6, 6.07) is 5.65. The second-order valence-corrected chi connectivity index (χ2v) is 5.63. The van der Waals surface area contributed by atoms with Crippen molar-refractivity contribution in [1.29, 1.82) is 0 Å². The molecule has 0 atom stereocenters. The van der Waals surface area contributed by atoms with Crippen molar-refractivity contribution < 1.29 is 15.1 Å². The maximum Gasteiger partial charge on any atom is 0.243 e. The third-order valence-electron chi connectivity index (χ3n) is 3.92. The lowest BCUT2D eigenvalue weighted by atomic mass is 10.1. The minimum atomic E-state index is -0.379. The van der Waals surface area contributed by atoms with Crippen LogP contribution in [0.15, 0.2) is 23.4 Å². The Morgan fingerprint density at radius 3 is 2.70 bits per heavy atom. The molecule has 0 spiro atoms. The van der Waals surface area contributed by atoms with Gasteiger partial charge in [0.05, 0.1) is 5.52 Å². The van der Waals surface area contributed by atoms with Gasteiger partial charge in [-0.15, -0.1) is 4.91 Å². The summed E-state index contributed by atoms with van der Waals surface area (Å²) in [5.41, 5.74) is 3.49. The van der Waals surface area contributed by atoms with Crippen LogP contribution in [0, 0.1) is 11.8 Å². The molecule has 1 amide bonds. The van der Waals surface area contributed by atoms with Crippen LogP contribution in [0.2, 0.25) is 0 Å². The molecule has 0 saturated carbocycles. The molecule has 0 unspecified atom stereocenters. The van der Waals surface area contributed by atoms with Crippen molar-refractivity contribution in [1.82, 2.24) is 10.0 Å². The van der Waals surface area contributed by atoms with Gasteiger partial charge in [-0.2, -0.15) is 0 Å². The number of nitrogens with one attached hydrogen (secondary N) is 1. The first kappa shape index (κ1) is 17.0. The Bertz CT molecular complexity index is 709. The molecule has 2 aromatic rings. The quantitative estimate of drug-likeness (QED) is 0.300. The highest BCUT2D eigenvalue weighted by molar-refractivity contribution is 5.95. The highest BCUT2D eigenvalue weighted by atomic mass is 16.5. The fourth-order valence-corrected chi connectivity index (χ4v) is 2.72. The van der Waals surface area contributed by atoms with Gasteiger partial charge in [0.1, 0.15) is 0 Å². The summed E-state index contributed by atoms with van der Waals surface area (Å²) in [5.74, 6) is -0.476. The monoisotopic (exact) mass is 319 g/mol. The molecule has 0 bridgehead atoms. The highest BCUT2D eigenvalue weighted by Gasteiger charge is 2.17. The topological polar surface area (TPSA) is 104 Å². The van der Waals surface area contributed by atoms with Crippen LogP contribution >= 0.6 is 0 Å². The third-order valence-corrected chi connectivity index (χ3v) is 3.92. The van der Waals surface area contributed by atoms with Crippen molar-refractivity contribution >= 4 is 22.5 Å². The molecule has 0 aliphatic heterocycles. The second kappa shape index (κ2) is 7.73. The Morgan fingerprint density at radius 2 is 2.00 bits per heavy atom. The van der Waals surface area contributed by atoms with Gasteiger partial charge in [0.2, 0.25) is 11.8 Å². The maximum absolute atomic E-state index is 11.0. The minimum Gasteiger partial charge on any atom is -0.493 e. The lowest BCUT2D eigenvalue weighted by molar-refractivity contribution is -0.129. The fourth-order valence-electron chi connectivity index (χ4n) is 2.72. The maximum atomic E-state index is 11.0. The average molecular weight is 319 g/mol. The molecule has 3 N–H and O–H groups in total. The predicted molar refractivity (Wildman–Crippen MR) is 86.8 cm³/mol.